The fraction of sp³-hybridized carbons (Fsp3) is 0.769. The standard InChI is InChI=1S/C13H23N3O/c1-5-16-9-12(6-14-16)8-15-7-11(2)17-10-13(15,3)4/h6,9,11H,5,7-8,10H2,1-4H3/t11-/m0/s1. The molecule has 96 valence electrons. The lowest BCUT2D eigenvalue weighted by molar-refractivity contribution is -0.0949. The third-order valence-corrected chi connectivity index (χ3v) is 3.44. The van der Waals surface area contributed by atoms with E-state index in [-0.39, 0.29) is 5.54 Å². The Morgan fingerprint density at radius 1 is 1.53 bits per heavy atom. The first-order valence-corrected chi connectivity index (χ1v) is 6.39. The van der Waals surface area contributed by atoms with Gasteiger partial charge in [-0.2, -0.15) is 5.10 Å². The van der Waals surface area contributed by atoms with Gasteiger partial charge in [0.05, 0.1) is 18.9 Å². The fourth-order valence-electron chi connectivity index (χ4n) is 2.21. The maximum atomic E-state index is 5.72. The molecule has 1 aliphatic heterocycles. The van der Waals surface area contributed by atoms with Crippen LogP contribution in [-0.4, -0.2) is 39.5 Å². The average molecular weight is 237 g/mol. The van der Waals surface area contributed by atoms with Gasteiger partial charge in [-0.05, 0) is 27.7 Å². The molecule has 0 aliphatic carbocycles. The molecule has 17 heavy (non-hydrogen) atoms. The summed E-state index contributed by atoms with van der Waals surface area (Å²) < 4.78 is 7.70. The van der Waals surface area contributed by atoms with Crippen LogP contribution in [0.1, 0.15) is 33.3 Å². The summed E-state index contributed by atoms with van der Waals surface area (Å²) in [6.45, 7) is 12.4. The van der Waals surface area contributed by atoms with Crippen molar-refractivity contribution >= 4 is 0 Å². The van der Waals surface area contributed by atoms with E-state index in [0.717, 1.165) is 26.2 Å². The molecule has 4 nitrogen and oxygen atoms in total. The van der Waals surface area contributed by atoms with Crippen LogP contribution >= 0.6 is 0 Å². The third-order valence-electron chi connectivity index (χ3n) is 3.44. The van der Waals surface area contributed by atoms with E-state index in [2.05, 4.69) is 43.9 Å². The van der Waals surface area contributed by atoms with E-state index in [0.29, 0.717) is 6.10 Å². The maximum absolute atomic E-state index is 5.72. The number of morpholine rings is 1. The van der Waals surface area contributed by atoms with Crippen molar-refractivity contribution in [3.63, 3.8) is 0 Å². The van der Waals surface area contributed by atoms with Crippen LogP contribution in [0.2, 0.25) is 0 Å². The molecule has 0 saturated carbocycles. The highest BCUT2D eigenvalue weighted by molar-refractivity contribution is 5.05. The monoisotopic (exact) mass is 237 g/mol. The molecule has 1 aliphatic rings. The fourth-order valence-corrected chi connectivity index (χ4v) is 2.21. The molecular formula is C13H23N3O. The quantitative estimate of drug-likeness (QED) is 0.804. The molecular weight excluding hydrogens is 214 g/mol. The van der Waals surface area contributed by atoms with Gasteiger partial charge in [0, 0.05) is 36.9 Å². The highest BCUT2D eigenvalue weighted by atomic mass is 16.5. The molecule has 1 aromatic heterocycles. The molecule has 1 aromatic rings. The van der Waals surface area contributed by atoms with Gasteiger partial charge in [-0.15, -0.1) is 0 Å². The Labute approximate surface area is 104 Å². The Bertz CT molecular complexity index is 372. The second kappa shape index (κ2) is 4.78. The summed E-state index contributed by atoms with van der Waals surface area (Å²) in [5.41, 5.74) is 1.40. The maximum Gasteiger partial charge on any atom is 0.0675 e. The van der Waals surface area contributed by atoms with E-state index in [9.17, 15) is 0 Å². The van der Waals surface area contributed by atoms with Gasteiger partial charge in [-0.25, -0.2) is 0 Å². The van der Waals surface area contributed by atoms with Crippen LogP contribution in [0.25, 0.3) is 0 Å². The van der Waals surface area contributed by atoms with Crippen molar-refractivity contribution in [3.8, 4) is 0 Å². The highest BCUT2D eigenvalue weighted by Gasteiger charge is 2.33. The van der Waals surface area contributed by atoms with Crippen LogP contribution in [0.3, 0.4) is 0 Å². The first-order chi connectivity index (χ1) is 8.01. The van der Waals surface area contributed by atoms with E-state index in [1.165, 1.54) is 5.56 Å². The summed E-state index contributed by atoms with van der Waals surface area (Å²) in [5.74, 6) is 0. The molecule has 1 atom stereocenters. The molecule has 0 amide bonds. The van der Waals surface area contributed by atoms with Crippen LogP contribution < -0.4 is 0 Å². The second-order valence-corrected chi connectivity index (χ2v) is 5.52. The summed E-state index contributed by atoms with van der Waals surface area (Å²) in [4.78, 5) is 2.48. The van der Waals surface area contributed by atoms with Crippen molar-refractivity contribution in [2.24, 2.45) is 0 Å². The Morgan fingerprint density at radius 2 is 2.29 bits per heavy atom. The van der Waals surface area contributed by atoms with Gasteiger partial charge in [-0.1, -0.05) is 0 Å². The molecule has 0 radical (unpaired) electrons. The van der Waals surface area contributed by atoms with Gasteiger partial charge in [0.1, 0.15) is 0 Å². The predicted molar refractivity (Wildman–Crippen MR) is 67.8 cm³/mol. The van der Waals surface area contributed by atoms with Crippen LogP contribution in [0.15, 0.2) is 12.4 Å². The first kappa shape index (κ1) is 12.6. The van der Waals surface area contributed by atoms with E-state index < -0.39 is 0 Å². The average Bonchev–Trinajstić information content (AvgIpc) is 2.72. The summed E-state index contributed by atoms with van der Waals surface area (Å²) >= 11 is 0. The van der Waals surface area contributed by atoms with Gasteiger partial charge >= 0.3 is 0 Å². The third kappa shape index (κ3) is 2.87. The van der Waals surface area contributed by atoms with Gasteiger partial charge in [-0.3, -0.25) is 9.58 Å². The minimum absolute atomic E-state index is 0.112. The van der Waals surface area contributed by atoms with Crippen molar-refractivity contribution in [1.29, 1.82) is 0 Å². The van der Waals surface area contributed by atoms with Crippen LogP contribution in [0, 0.1) is 0 Å². The zero-order valence-electron chi connectivity index (χ0n) is 11.3. The number of rotatable bonds is 3. The zero-order valence-corrected chi connectivity index (χ0v) is 11.3. The molecule has 1 fully saturated rings. The largest absolute Gasteiger partial charge is 0.375 e. The van der Waals surface area contributed by atoms with Crippen molar-refractivity contribution in [2.45, 2.75) is 52.4 Å². The zero-order chi connectivity index (χ0) is 12.5. The number of hydrogen-bond acceptors (Lipinski definition) is 3. The Hall–Kier alpha value is -0.870. The number of hydrogen-bond donors (Lipinski definition) is 0. The second-order valence-electron chi connectivity index (χ2n) is 5.52. The molecule has 1 saturated heterocycles. The summed E-state index contributed by atoms with van der Waals surface area (Å²) in [6.07, 6.45) is 4.43. The molecule has 0 bridgehead atoms. The summed E-state index contributed by atoms with van der Waals surface area (Å²) in [7, 11) is 0. The Balaban J connectivity index is 2.05. The molecule has 0 spiro atoms. The number of nitrogens with zero attached hydrogens (tertiary/aromatic N) is 3. The summed E-state index contributed by atoms with van der Waals surface area (Å²) in [6, 6.07) is 0. The molecule has 0 unspecified atom stereocenters. The van der Waals surface area contributed by atoms with Gasteiger partial charge in [0.25, 0.3) is 0 Å². The lowest BCUT2D eigenvalue weighted by Crippen LogP contribution is -2.54. The van der Waals surface area contributed by atoms with E-state index in [1.807, 2.05) is 10.9 Å². The van der Waals surface area contributed by atoms with Crippen molar-refractivity contribution in [1.82, 2.24) is 14.7 Å². The molecule has 2 rings (SSSR count). The molecule has 4 heteroatoms. The number of aromatic nitrogens is 2. The van der Waals surface area contributed by atoms with Gasteiger partial charge in [0.15, 0.2) is 0 Å². The van der Waals surface area contributed by atoms with Crippen LogP contribution in [0.4, 0.5) is 0 Å². The Kier molecular flexibility index (Phi) is 3.54. The molecule has 2 heterocycles. The van der Waals surface area contributed by atoms with Gasteiger partial charge < -0.3 is 4.74 Å². The van der Waals surface area contributed by atoms with Crippen LogP contribution in [-0.2, 0) is 17.8 Å². The van der Waals surface area contributed by atoms with E-state index in [4.69, 9.17) is 4.74 Å². The predicted octanol–water partition coefficient (Wildman–Crippen LogP) is 1.90. The van der Waals surface area contributed by atoms with E-state index in [1.54, 1.807) is 0 Å². The lowest BCUT2D eigenvalue weighted by Gasteiger charge is -2.44. The van der Waals surface area contributed by atoms with Crippen molar-refractivity contribution in [3.05, 3.63) is 18.0 Å². The van der Waals surface area contributed by atoms with Crippen molar-refractivity contribution < 1.29 is 4.74 Å². The van der Waals surface area contributed by atoms with Crippen molar-refractivity contribution in [2.75, 3.05) is 13.2 Å². The number of ether oxygens (including phenoxy) is 1. The van der Waals surface area contributed by atoms with E-state index >= 15 is 0 Å². The molecule has 0 N–H and O–H groups in total. The minimum atomic E-state index is 0.112. The number of aryl methyl sites for hydroxylation is 1. The minimum Gasteiger partial charge on any atom is -0.375 e. The topological polar surface area (TPSA) is 30.3 Å². The SMILES string of the molecule is CCn1cc(CN2C[C@H](C)OCC2(C)C)cn1. The highest BCUT2D eigenvalue weighted by Crippen LogP contribution is 2.23. The smallest absolute Gasteiger partial charge is 0.0675 e. The molecule has 0 aromatic carbocycles. The Morgan fingerprint density at radius 3 is 2.94 bits per heavy atom. The van der Waals surface area contributed by atoms with Crippen LogP contribution in [0.5, 0.6) is 0 Å². The van der Waals surface area contributed by atoms with Gasteiger partial charge in [0.2, 0.25) is 0 Å². The summed E-state index contributed by atoms with van der Waals surface area (Å²) in [5, 5.41) is 4.33. The lowest BCUT2D eigenvalue weighted by atomic mass is 10.0. The normalized spacial score (nSPS) is 25.1. The first-order valence-electron chi connectivity index (χ1n) is 6.39.